The fourth-order valence-electron chi connectivity index (χ4n) is 3.78. The summed E-state index contributed by atoms with van der Waals surface area (Å²) in [7, 11) is 0. The Labute approximate surface area is 176 Å². The Morgan fingerprint density at radius 3 is 2.47 bits per heavy atom. The Kier molecular flexibility index (Phi) is 5.79. The monoisotopic (exact) mass is 405 g/mol. The largest absolute Gasteiger partial charge is 0.439 e. The first-order chi connectivity index (χ1) is 14.5. The first kappa shape index (κ1) is 20.1. The fourth-order valence-corrected chi connectivity index (χ4v) is 3.78. The Morgan fingerprint density at radius 1 is 1.07 bits per heavy atom. The molecule has 7 nitrogen and oxygen atoms in total. The minimum Gasteiger partial charge on any atom is -0.439 e. The number of aromatic nitrogens is 4. The molecule has 1 aliphatic carbocycles. The number of nitrogens with one attached hydrogen (secondary N) is 1. The van der Waals surface area contributed by atoms with E-state index in [1.807, 2.05) is 45.0 Å². The van der Waals surface area contributed by atoms with E-state index >= 15 is 0 Å². The van der Waals surface area contributed by atoms with E-state index in [1.165, 1.54) is 12.7 Å². The van der Waals surface area contributed by atoms with Gasteiger partial charge in [0.25, 0.3) is 0 Å². The Bertz CT molecular complexity index is 1040. The molecule has 7 heteroatoms. The molecule has 156 valence electrons. The molecule has 30 heavy (non-hydrogen) atoms. The summed E-state index contributed by atoms with van der Waals surface area (Å²) in [5.41, 5.74) is 3.93. The highest BCUT2D eigenvalue weighted by Gasteiger charge is 2.21. The van der Waals surface area contributed by atoms with Gasteiger partial charge in [-0.1, -0.05) is 19.3 Å². The minimum atomic E-state index is 0.115. The van der Waals surface area contributed by atoms with Crippen LogP contribution in [0.1, 0.15) is 49.1 Å². The van der Waals surface area contributed by atoms with Crippen molar-refractivity contribution in [3.8, 4) is 17.4 Å². The zero-order chi connectivity index (χ0) is 21.1. The number of amides is 1. The lowest BCUT2D eigenvalue weighted by molar-refractivity contribution is -0.120. The molecule has 1 amide bonds. The first-order valence-electron chi connectivity index (χ1n) is 10.5. The number of anilines is 1. The molecule has 1 saturated carbocycles. The van der Waals surface area contributed by atoms with Crippen LogP contribution in [-0.2, 0) is 4.79 Å². The van der Waals surface area contributed by atoms with Crippen LogP contribution in [-0.4, -0.2) is 25.7 Å². The van der Waals surface area contributed by atoms with Crippen molar-refractivity contribution in [2.75, 3.05) is 5.32 Å². The van der Waals surface area contributed by atoms with E-state index in [0.717, 1.165) is 48.3 Å². The number of carbonyl (C=O) groups excluding carboxylic acids is 1. The van der Waals surface area contributed by atoms with Gasteiger partial charge in [0.1, 0.15) is 12.1 Å². The summed E-state index contributed by atoms with van der Waals surface area (Å²) in [6.07, 6.45) is 6.95. The summed E-state index contributed by atoms with van der Waals surface area (Å²) in [6, 6.07) is 9.11. The third-order valence-electron chi connectivity index (χ3n) is 5.82. The summed E-state index contributed by atoms with van der Waals surface area (Å²) in [4.78, 5) is 20.9. The van der Waals surface area contributed by atoms with Crippen LogP contribution in [0.3, 0.4) is 0 Å². The van der Waals surface area contributed by atoms with Crippen LogP contribution in [0.5, 0.6) is 11.6 Å². The molecule has 0 radical (unpaired) electrons. The Balaban J connectivity index is 1.43. The van der Waals surface area contributed by atoms with Crippen molar-refractivity contribution < 1.29 is 9.53 Å². The molecule has 4 rings (SSSR count). The topological polar surface area (TPSA) is 81.9 Å². The van der Waals surface area contributed by atoms with Gasteiger partial charge in [-0.15, -0.1) is 0 Å². The van der Waals surface area contributed by atoms with Crippen LogP contribution in [0.15, 0.2) is 36.7 Å². The van der Waals surface area contributed by atoms with Gasteiger partial charge in [0, 0.05) is 23.4 Å². The second-order valence-electron chi connectivity index (χ2n) is 7.87. The normalized spacial score (nSPS) is 14.5. The van der Waals surface area contributed by atoms with Crippen molar-refractivity contribution in [2.24, 2.45) is 5.92 Å². The van der Waals surface area contributed by atoms with Gasteiger partial charge >= 0.3 is 0 Å². The number of rotatable bonds is 5. The van der Waals surface area contributed by atoms with Gasteiger partial charge in [-0.25, -0.2) is 14.6 Å². The van der Waals surface area contributed by atoms with E-state index in [4.69, 9.17) is 4.74 Å². The van der Waals surface area contributed by atoms with Gasteiger partial charge in [0.15, 0.2) is 5.82 Å². The zero-order valence-corrected chi connectivity index (χ0v) is 17.7. The van der Waals surface area contributed by atoms with Crippen LogP contribution in [0.2, 0.25) is 0 Å². The van der Waals surface area contributed by atoms with Crippen LogP contribution in [0.25, 0.3) is 5.82 Å². The van der Waals surface area contributed by atoms with Crippen LogP contribution >= 0.6 is 0 Å². The van der Waals surface area contributed by atoms with Gasteiger partial charge in [0.05, 0.1) is 5.69 Å². The predicted octanol–water partition coefficient (Wildman–Crippen LogP) is 4.90. The maximum atomic E-state index is 12.4. The summed E-state index contributed by atoms with van der Waals surface area (Å²) < 4.78 is 7.68. The molecule has 1 fully saturated rings. The number of carbonyl (C=O) groups is 1. The van der Waals surface area contributed by atoms with E-state index in [1.54, 1.807) is 10.7 Å². The van der Waals surface area contributed by atoms with E-state index in [9.17, 15) is 4.79 Å². The molecular formula is C23H27N5O2. The molecule has 1 aliphatic rings. The lowest BCUT2D eigenvalue weighted by Crippen LogP contribution is -2.24. The Morgan fingerprint density at radius 2 is 1.80 bits per heavy atom. The number of ether oxygens (including phenoxy) is 1. The zero-order valence-electron chi connectivity index (χ0n) is 17.7. The minimum absolute atomic E-state index is 0.115. The molecular weight excluding hydrogens is 378 g/mol. The average molecular weight is 406 g/mol. The summed E-state index contributed by atoms with van der Waals surface area (Å²) >= 11 is 0. The highest BCUT2D eigenvalue weighted by atomic mass is 16.5. The van der Waals surface area contributed by atoms with Gasteiger partial charge in [-0.3, -0.25) is 4.79 Å². The van der Waals surface area contributed by atoms with Gasteiger partial charge in [0.2, 0.25) is 11.8 Å². The number of aryl methyl sites for hydroxylation is 1. The molecule has 1 N–H and O–H groups in total. The van der Waals surface area contributed by atoms with E-state index < -0.39 is 0 Å². The molecule has 0 bridgehead atoms. The molecule has 1 aromatic carbocycles. The molecule has 2 heterocycles. The van der Waals surface area contributed by atoms with E-state index in [2.05, 4.69) is 20.4 Å². The van der Waals surface area contributed by atoms with Crippen LogP contribution in [0, 0.1) is 26.7 Å². The number of hydrogen-bond donors (Lipinski definition) is 1. The van der Waals surface area contributed by atoms with Crippen molar-refractivity contribution in [3.05, 3.63) is 53.6 Å². The van der Waals surface area contributed by atoms with Crippen molar-refractivity contribution in [1.29, 1.82) is 0 Å². The van der Waals surface area contributed by atoms with Crippen molar-refractivity contribution in [2.45, 2.75) is 52.9 Å². The van der Waals surface area contributed by atoms with Crippen molar-refractivity contribution in [3.63, 3.8) is 0 Å². The predicted molar refractivity (Wildman–Crippen MR) is 115 cm³/mol. The van der Waals surface area contributed by atoms with Gasteiger partial charge in [-0.05, 0) is 63.4 Å². The van der Waals surface area contributed by atoms with Crippen molar-refractivity contribution in [1.82, 2.24) is 19.7 Å². The molecule has 0 aliphatic heterocycles. The smallest absolute Gasteiger partial charge is 0.227 e. The standard InChI is InChI=1S/C23H27N5O2/c1-15-16(2)27-28(17(15)3)21-13-22(25-14-24-21)30-20-11-9-19(10-12-20)26-23(29)18-7-5-4-6-8-18/h9-14,18H,4-8H2,1-3H3,(H,26,29). The maximum Gasteiger partial charge on any atom is 0.227 e. The fraction of sp³-hybridized carbons (Fsp3) is 0.391. The van der Waals surface area contributed by atoms with Crippen LogP contribution in [0.4, 0.5) is 5.69 Å². The second kappa shape index (κ2) is 8.65. The Hall–Kier alpha value is -3.22. The molecule has 0 saturated heterocycles. The highest BCUT2D eigenvalue weighted by Crippen LogP contribution is 2.26. The molecule has 0 atom stereocenters. The van der Waals surface area contributed by atoms with Crippen molar-refractivity contribution >= 4 is 11.6 Å². The summed E-state index contributed by atoms with van der Waals surface area (Å²) in [5.74, 6) is 1.98. The lowest BCUT2D eigenvalue weighted by Gasteiger charge is -2.20. The number of benzene rings is 1. The van der Waals surface area contributed by atoms with E-state index in [0.29, 0.717) is 17.4 Å². The van der Waals surface area contributed by atoms with Gasteiger partial charge < -0.3 is 10.1 Å². The lowest BCUT2D eigenvalue weighted by atomic mass is 9.88. The quantitative estimate of drug-likeness (QED) is 0.653. The van der Waals surface area contributed by atoms with Gasteiger partial charge in [-0.2, -0.15) is 5.10 Å². The molecule has 3 aromatic rings. The SMILES string of the molecule is Cc1nn(-c2cc(Oc3ccc(NC(=O)C4CCCCC4)cc3)ncn2)c(C)c1C. The molecule has 0 spiro atoms. The first-order valence-corrected chi connectivity index (χ1v) is 10.5. The third-order valence-corrected chi connectivity index (χ3v) is 5.82. The summed E-state index contributed by atoms with van der Waals surface area (Å²) in [6.45, 7) is 6.03. The third kappa shape index (κ3) is 4.35. The molecule has 2 aromatic heterocycles. The molecule has 0 unspecified atom stereocenters. The average Bonchev–Trinajstić information content (AvgIpc) is 3.03. The summed E-state index contributed by atoms with van der Waals surface area (Å²) in [5, 5.41) is 7.55. The maximum absolute atomic E-state index is 12.4. The number of nitrogens with zero attached hydrogens (tertiary/aromatic N) is 4. The van der Waals surface area contributed by atoms with E-state index in [-0.39, 0.29) is 11.8 Å². The second-order valence-corrected chi connectivity index (χ2v) is 7.87. The highest BCUT2D eigenvalue weighted by molar-refractivity contribution is 5.92. The van der Waals surface area contributed by atoms with Crippen LogP contribution < -0.4 is 10.1 Å². The number of hydrogen-bond acceptors (Lipinski definition) is 5.